The lowest BCUT2D eigenvalue weighted by Crippen LogP contribution is -2.46. The molecule has 0 spiro atoms. The van der Waals surface area contributed by atoms with Crippen molar-refractivity contribution in [1.29, 1.82) is 0 Å². The lowest BCUT2D eigenvalue weighted by molar-refractivity contribution is -0.148. The van der Waals surface area contributed by atoms with Crippen LogP contribution in [0.3, 0.4) is 0 Å². The normalized spacial score (nSPS) is 11.7. The van der Waals surface area contributed by atoms with Gasteiger partial charge in [0.2, 0.25) is 5.91 Å². The standard InChI is InChI=1S/C13H15N5O5/c1-2-10(19)17-9(5-8-6-14-7-16-8)13(22)23-18-4-3-15-11(18)12(20)21/h3-4,6-7,9H,2,5H2,1H3,(H,14,16)(H,17,19)(H,20,21)/t9-/m0/s1. The molecule has 0 aliphatic carbocycles. The average Bonchev–Trinajstić information content (AvgIpc) is 3.17. The van der Waals surface area contributed by atoms with Crippen LogP contribution in [0.25, 0.3) is 0 Å². The Kier molecular flexibility index (Phi) is 5.07. The van der Waals surface area contributed by atoms with E-state index in [1.54, 1.807) is 6.92 Å². The van der Waals surface area contributed by atoms with Crippen LogP contribution in [0.5, 0.6) is 0 Å². The molecule has 0 radical (unpaired) electrons. The van der Waals surface area contributed by atoms with Crippen molar-refractivity contribution in [2.24, 2.45) is 0 Å². The van der Waals surface area contributed by atoms with E-state index in [1.807, 2.05) is 0 Å². The summed E-state index contributed by atoms with van der Waals surface area (Å²) in [4.78, 5) is 50.0. The fraction of sp³-hybridized carbons (Fsp3) is 0.308. The van der Waals surface area contributed by atoms with Crippen molar-refractivity contribution < 1.29 is 24.3 Å². The Morgan fingerprint density at radius 3 is 2.87 bits per heavy atom. The Labute approximate surface area is 130 Å². The summed E-state index contributed by atoms with van der Waals surface area (Å²) in [5.74, 6) is -2.94. The molecule has 0 fully saturated rings. The highest BCUT2D eigenvalue weighted by atomic mass is 16.7. The molecule has 0 bridgehead atoms. The van der Waals surface area contributed by atoms with Gasteiger partial charge in [0, 0.05) is 30.9 Å². The van der Waals surface area contributed by atoms with Crippen LogP contribution >= 0.6 is 0 Å². The molecular formula is C13H15N5O5. The van der Waals surface area contributed by atoms with E-state index in [9.17, 15) is 14.4 Å². The molecule has 10 heteroatoms. The van der Waals surface area contributed by atoms with Gasteiger partial charge >= 0.3 is 11.9 Å². The molecule has 3 N–H and O–H groups in total. The first-order valence-corrected chi connectivity index (χ1v) is 6.76. The van der Waals surface area contributed by atoms with E-state index in [-0.39, 0.29) is 18.7 Å². The summed E-state index contributed by atoms with van der Waals surface area (Å²) in [5.41, 5.74) is 0.618. The Morgan fingerprint density at radius 2 is 2.26 bits per heavy atom. The number of carboxylic acids is 1. The van der Waals surface area contributed by atoms with Gasteiger partial charge in [0.15, 0.2) is 0 Å². The van der Waals surface area contributed by atoms with Crippen molar-refractivity contribution in [3.63, 3.8) is 0 Å². The van der Waals surface area contributed by atoms with Crippen molar-refractivity contribution in [2.75, 3.05) is 0 Å². The zero-order valence-corrected chi connectivity index (χ0v) is 12.2. The van der Waals surface area contributed by atoms with E-state index >= 15 is 0 Å². The van der Waals surface area contributed by atoms with Gasteiger partial charge in [-0.1, -0.05) is 6.92 Å². The number of nitrogens with one attached hydrogen (secondary N) is 2. The van der Waals surface area contributed by atoms with E-state index in [4.69, 9.17) is 9.94 Å². The zero-order chi connectivity index (χ0) is 16.8. The van der Waals surface area contributed by atoms with E-state index in [2.05, 4.69) is 20.3 Å². The first kappa shape index (κ1) is 16.2. The van der Waals surface area contributed by atoms with Gasteiger partial charge in [-0.2, -0.15) is 4.73 Å². The first-order valence-electron chi connectivity index (χ1n) is 6.76. The van der Waals surface area contributed by atoms with Crippen LogP contribution in [0.1, 0.15) is 29.7 Å². The summed E-state index contributed by atoms with van der Waals surface area (Å²) in [5, 5.41) is 11.5. The number of carbonyl (C=O) groups is 3. The molecule has 2 aromatic rings. The van der Waals surface area contributed by atoms with Crippen LogP contribution in [0.15, 0.2) is 24.9 Å². The quantitative estimate of drug-likeness (QED) is 0.618. The second kappa shape index (κ2) is 7.20. The number of hydrogen-bond donors (Lipinski definition) is 3. The average molecular weight is 321 g/mol. The minimum atomic E-state index is -1.34. The number of carbonyl (C=O) groups excluding carboxylic acids is 2. The van der Waals surface area contributed by atoms with Crippen LogP contribution in [0.2, 0.25) is 0 Å². The maximum Gasteiger partial charge on any atom is 0.375 e. The van der Waals surface area contributed by atoms with Crippen LogP contribution in [-0.4, -0.2) is 48.7 Å². The lowest BCUT2D eigenvalue weighted by atomic mass is 10.1. The monoisotopic (exact) mass is 321 g/mol. The van der Waals surface area contributed by atoms with Gasteiger partial charge in [-0.25, -0.2) is 19.6 Å². The molecule has 2 rings (SSSR count). The van der Waals surface area contributed by atoms with Gasteiger partial charge in [-0.05, 0) is 0 Å². The van der Waals surface area contributed by atoms with Crippen LogP contribution in [0, 0.1) is 0 Å². The second-order valence-electron chi connectivity index (χ2n) is 4.55. The lowest BCUT2D eigenvalue weighted by Gasteiger charge is -2.16. The summed E-state index contributed by atoms with van der Waals surface area (Å²) in [6.45, 7) is 1.65. The highest BCUT2D eigenvalue weighted by Crippen LogP contribution is 2.02. The van der Waals surface area contributed by atoms with Crippen molar-refractivity contribution in [3.8, 4) is 0 Å². The minimum Gasteiger partial charge on any atom is -0.475 e. The third-order valence-corrected chi connectivity index (χ3v) is 2.91. The zero-order valence-electron chi connectivity index (χ0n) is 12.2. The number of H-pyrrole nitrogens is 1. The van der Waals surface area contributed by atoms with Crippen LogP contribution in [0.4, 0.5) is 0 Å². The van der Waals surface area contributed by atoms with Gasteiger partial charge in [-0.15, -0.1) is 0 Å². The largest absolute Gasteiger partial charge is 0.475 e. The van der Waals surface area contributed by atoms with E-state index in [0.29, 0.717) is 5.69 Å². The van der Waals surface area contributed by atoms with E-state index in [0.717, 1.165) is 4.73 Å². The summed E-state index contributed by atoms with van der Waals surface area (Å²) >= 11 is 0. The van der Waals surface area contributed by atoms with Crippen LogP contribution in [-0.2, 0) is 16.0 Å². The molecule has 0 saturated heterocycles. The SMILES string of the molecule is CCC(=O)N[C@@H](Cc1cnc[nH]1)C(=O)On1ccnc1C(=O)O. The summed E-state index contributed by atoms with van der Waals surface area (Å²) < 4.78 is 0.739. The fourth-order valence-corrected chi connectivity index (χ4v) is 1.78. The van der Waals surface area contributed by atoms with Gasteiger partial charge in [0.1, 0.15) is 6.04 Å². The topological polar surface area (TPSA) is 139 Å². The number of aromatic amines is 1. The van der Waals surface area contributed by atoms with E-state index in [1.165, 1.54) is 24.9 Å². The Balaban J connectivity index is 2.13. The molecular weight excluding hydrogens is 306 g/mol. The smallest absolute Gasteiger partial charge is 0.375 e. The summed E-state index contributed by atoms with van der Waals surface area (Å²) in [6, 6.07) is -0.994. The molecule has 122 valence electrons. The maximum absolute atomic E-state index is 12.3. The van der Waals surface area contributed by atoms with Crippen LogP contribution < -0.4 is 10.2 Å². The van der Waals surface area contributed by atoms with Gasteiger partial charge in [-0.3, -0.25) is 4.79 Å². The predicted octanol–water partition coefficient (Wildman–Crippen LogP) is -0.603. The highest BCUT2D eigenvalue weighted by Gasteiger charge is 2.25. The predicted molar refractivity (Wildman–Crippen MR) is 75.3 cm³/mol. The molecule has 2 aromatic heterocycles. The molecule has 23 heavy (non-hydrogen) atoms. The number of imidazole rings is 2. The van der Waals surface area contributed by atoms with Gasteiger partial charge in [0.25, 0.3) is 5.82 Å². The molecule has 0 unspecified atom stereocenters. The number of carboxylic acid groups (broad SMARTS) is 1. The number of rotatable bonds is 7. The van der Waals surface area contributed by atoms with Crippen molar-refractivity contribution in [2.45, 2.75) is 25.8 Å². The number of hydrogen-bond acceptors (Lipinski definition) is 6. The Morgan fingerprint density at radius 1 is 1.48 bits per heavy atom. The summed E-state index contributed by atoms with van der Waals surface area (Å²) in [6.07, 6.45) is 5.65. The second-order valence-corrected chi connectivity index (χ2v) is 4.55. The van der Waals surface area contributed by atoms with Gasteiger partial charge in [0.05, 0.1) is 12.5 Å². The maximum atomic E-state index is 12.3. The number of amides is 1. The molecule has 1 amide bonds. The Hall–Kier alpha value is -3.17. The van der Waals surface area contributed by atoms with Gasteiger partial charge < -0.3 is 20.2 Å². The Bertz CT molecular complexity index is 693. The van der Waals surface area contributed by atoms with Crippen molar-refractivity contribution in [1.82, 2.24) is 25.0 Å². The third-order valence-electron chi connectivity index (χ3n) is 2.91. The summed E-state index contributed by atoms with van der Waals surface area (Å²) in [7, 11) is 0. The van der Waals surface area contributed by atoms with E-state index < -0.39 is 23.8 Å². The molecule has 0 saturated carbocycles. The minimum absolute atomic E-state index is 0.127. The highest BCUT2D eigenvalue weighted by molar-refractivity contribution is 5.86. The van der Waals surface area contributed by atoms with Crippen molar-refractivity contribution >= 4 is 17.8 Å². The number of aromatic carboxylic acids is 1. The molecule has 0 aliphatic heterocycles. The van der Waals surface area contributed by atoms with Crippen molar-refractivity contribution in [3.05, 3.63) is 36.4 Å². The molecule has 10 nitrogen and oxygen atoms in total. The first-order chi connectivity index (χ1) is 11.0. The molecule has 0 aromatic carbocycles. The fourth-order valence-electron chi connectivity index (χ4n) is 1.78. The number of nitrogens with zero attached hydrogens (tertiary/aromatic N) is 3. The number of aromatic nitrogens is 4. The molecule has 1 atom stereocenters. The third kappa shape index (κ3) is 4.15. The molecule has 2 heterocycles. The molecule has 0 aliphatic rings.